The van der Waals surface area contributed by atoms with Crippen molar-refractivity contribution in [2.24, 2.45) is 0 Å². The van der Waals surface area contributed by atoms with Crippen LogP contribution in [0.5, 0.6) is 0 Å². The summed E-state index contributed by atoms with van der Waals surface area (Å²) < 4.78 is 7.51. The fourth-order valence-electron chi connectivity index (χ4n) is 4.51. The number of hydrogen-bond acceptors (Lipinski definition) is 5. The topological polar surface area (TPSA) is 64.4 Å². The zero-order valence-electron chi connectivity index (χ0n) is 18.3. The Morgan fingerprint density at radius 1 is 1.15 bits per heavy atom. The second-order valence-electron chi connectivity index (χ2n) is 8.55. The summed E-state index contributed by atoms with van der Waals surface area (Å²) in [5, 5.41) is 1.08. The molecule has 0 radical (unpaired) electrons. The average Bonchev–Trinajstić information content (AvgIpc) is 3.54. The van der Waals surface area contributed by atoms with E-state index in [-0.39, 0.29) is 17.6 Å². The molecule has 2 fully saturated rings. The fraction of sp³-hybridized carbons (Fsp3) is 0.400. The summed E-state index contributed by atoms with van der Waals surface area (Å²) in [6.07, 6.45) is 3.91. The molecule has 6 nitrogen and oxygen atoms in total. The molecule has 0 spiro atoms. The first-order valence-electron chi connectivity index (χ1n) is 11.4. The molecular weight excluding hydrogens is 458 g/mol. The van der Waals surface area contributed by atoms with Crippen molar-refractivity contribution in [1.29, 1.82) is 0 Å². The van der Waals surface area contributed by atoms with E-state index in [1.54, 1.807) is 22.8 Å². The Balaban J connectivity index is 1.59. The summed E-state index contributed by atoms with van der Waals surface area (Å²) in [7, 11) is 0. The highest BCUT2D eigenvalue weighted by atomic mass is 35.5. The van der Waals surface area contributed by atoms with Gasteiger partial charge in [-0.3, -0.25) is 14.2 Å². The molecule has 33 heavy (non-hydrogen) atoms. The van der Waals surface area contributed by atoms with E-state index in [4.69, 9.17) is 21.3 Å². The van der Waals surface area contributed by atoms with Crippen LogP contribution in [0.1, 0.15) is 36.5 Å². The first kappa shape index (κ1) is 22.4. The van der Waals surface area contributed by atoms with Gasteiger partial charge in [0, 0.05) is 24.7 Å². The van der Waals surface area contributed by atoms with Crippen LogP contribution in [0.2, 0.25) is 5.02 Å². The predicted molar refractivity (Wildman–Crippen MR) is 131 cm³/mol. The molecule has 0 unspecified atom stereocenters. The molecule has 2 saturated heterocycles. The van der Waals surface area contributed by atoms with Crippen LogP contribution in [0, 0.1) is 0 Å². The van der Waals surface area contributed by atoms with E-state index >= 15 is 0 Å². The number of nitrogens with zero attached hydrogens (tertiary/aromatic N) is 3. The molecule has 0 aliphatic carbocycles. The Kier molecular flexibility index (Phi) is 6.71. The van der Waals surface area contributed by atoms with Gasteiger partial charge in [-0.2, -0.15) is 0 Å². The van der Waals surface area contributed by atoms with Crippen LogP contribution < -0.4 is 5.56 Å². The van der Waals surface area contributed by atoms with Crippen molar-refractivity contribution in [1.82, 2.24) is 14.5 Å². The number of amides is 1. The Labute approximate surface area is 201 Å². The standard InChI is InChI=1S/C25H26ClN3O3S/c26-18-10-11-20-21(15-18)27-25(29(23(20)30)16-19-9-6-14-32-19)33-22(17-7-2-1-3-8-17)24(31)28-12-4-5-13-28/h1-3,7-8,10-11,15,19,22H,4-6,9,12-14,16H2/t19-,22+/m1/s1. The highest BCUT2D eigenvalue weighted by molar-refractivity contribution is 8.00. The molecule has 2 aliphatic heterocycles. The number of benzene rings is 2. The van der Waals surface area contributed by atoms with Crippen molar-refractivity contribution in [3.05, 3.63) is 69.5 Å². The minimum absolute atomic E-state index is 0.0296. The van der Waals surface area contributed by atoms with E-state index in [0.717, 1.165) is 44.3 Å². The van der Waals surface area contributed by atoms with E-state index in [2.05, 4.69) is 0 Å². The lowest BCUT2D eigenvalue weighted by molar-refractivity contribution is -0.129. The predicted octanol–water partition coefficient (Wildman–Crippen LogP) is 4.68. The molecule has 8 heteroatoms. The zero-order chi connectivity index (χ0) is 22.8. The van der Waals surface area contributed by atoms with E-state index in [9.17, 15) is 9.59 Å². The molecule has 2 atom stereocenters. The lowest BCUT2D eigenvalue weighted by Gasteiger charge is -2.24. The van der Waals surface area contributed by atoms with Crippen molar-refractivity contribution in [2.75, 3.05) is 19.7 Å². The van der Waals surface area contributed by atoms with Gasteiger partial charge in [-0.25, -0.2) is 4.98 Å². The summed E-state index contributed by atoms with van der Waals surface area (Å²) in [6, 6.07) is 14.9. The number of carbonyl (C=O) groups excluding carboxylic acids is 1. The van der Waals surface area contributed by atoms with Crippen molar-refractivity contribution >= 4 is 40.2 Å². The number of fused-ring (bicyclic) bond motifs is 1. The number of carbonyl (C=O) groups is 1. The third-order valence-electron chi connectivity index (χ3n) is 6.26. The van der Waals surface area contributed by atoms with Gasteiger partial charge < -0.3 is 9.64 Å². The molecule has 2 aromatic carbocycles. The van der Waals surface area contributed by atoms with Gasteiger partial charge in [-0.1, -0.05) is 53.7 Å². The van der Waals surface area contributed by atoms with Crippen molar-refractivity contribution in [2.45, 2.75) is 48.7 Å². The summed E-state index contributed by atoms with van der Waals surface area (Å²) in [4.78, 5) is 33.8. The lowest BCUT2D eigenvalue weighted by atomic mass is 10.1. The molecule has 1 aromatic heterocycles. The van der Waals surface area contributed by atoms with Gasteiger partial charge in [-0.15, -0.1) is 0 Å². The summed E-state index contributed by atoms with van der Waals surface area (Å²) in [5.74, 6) is 0.0628. The minimum atomic E-state index is -0.483. The molecule has 5 rings (SSSR count). The van der Waals surface area contributed by atoms with E-state index < -0.39 is 5.25 Å². The maximum atomic E-state index is 13.6. The minimum Gasteiger partial charge on any atom is -0.376 e. The second kappa shape index (κ2) is 9.87. The smallest absolute Gasteiger partial charge is 0.262 e. The van der Waals surface area contributed by atoms with Crippen LogP contribution in [-0.4, -0.2) is 46.2 Å². The van der Waals surface area contributed by atoms with Gasteiger partial charge in [0.15, 0.2) is 5.16 Å². The number of rotatable bonds is 6. The molecule has 0 bridgehead atoms. The Hall–Kier alpha value is -2.35. The molecule has 3 heterocycles. The number of aromatic nitrogens is 2. The number of ether oxygens (including phenoxy) is 1. The third kappa shape index (κ3) is 4.81. The molecule has 1 amide bonds. The van der Waals surface area contributed by atoms with Gasteiger partial charge in [0.1, 0.15) is 5.25 Å². The SMILES string of the molecule is O=C([C@@H](Sc1nc2cc(Cl)ccc2c(=O)n1C[C@H]1CCCO1)c1ccccc1)N1CCCC1. The van der Waals surface area contributed by atoms with Gasteiger partial charge in [0.05, 0.1) is 23.6 Å². The zero-order valence-corrected chi connectivity index (χ0v) is 19.9. The van der Waals surface area contributed by atoms with E-state index in [1.807, 2.05) is 35.2 Å². The van der Waals surface area contributed by atoms with E-state index in [1.165, 1.54) is 11.8 Å². The normalized spacial score (nSPS) is 19.3. The Bertz CT molecular complexity index is 1200. The van der Waals surface area contributed by atoms with Crippen molar-refractivity contribution < 1.29 is 9.53 Å². The van der Waals surface area contributed by atoms with Gasteiger partial charge in [-0.05, 0) is 49.4 Å². The van der Waals surface area contributed by atoms with Crippen molar-refractivity contribution in [3.8, 4) is 0 Å². The summed E-state index contributed by atoms with van der Waals surface area (Å²) in [6.45, 7) is 2.67. The van der Waals surface area contributed by atoms with E-state index in [0.29, 0.717) is 34.2 Å². The largest absolute Gasteiger partial charge is 0.376 e. The Morgan fingerprint density at radius 2 is 1.94 bits per heavy atom. The summed E-state index contributed by atoms with van der Waals surface area (Å²) >= 11 is 7.55. The van der Waals surface area contributed by atoms with Crippen LogP contribution in [-0.2, 0) is 16.1 Å². The van der Waals surface area contributed by atoms with Gasteiger partial charge in [0.25, 0.3) is 5.56 Å². The van der Waals surface area contributed by atoms with Crippen LogP contribution >= 0.6 is 23.4 Å². The first-order chi connectivity index (χ1) is 16.1. The summed E-state index contributed by atoms with van der Waals surface area (Å²) in [5.41, 5.74) is 1.32. The van der Waals surface area contributed by atoms with Crippen LogP contribution in [0.15, 0.2) is 58.5 Å². The quantitative estimate of drug-likeness (QED) is 0.376. The third-order valence-corrected chi connectivity index (χ3v) is 7.73. The average molecular weight is 484 g/mol. The van der Waals surface area contributed by atoms with Crippen LogP contribution in [0.3, 0.4) is 0 Å². The highest BCUT2D eigenvalue weighted by Gasteiger charge is 2.31. The number of likely N-dealkylation sites (tertiary alicyclic amines) is 1. The fourth-order valence-corrected chi connectivity index (χ4v) is 5.87. The molecule has 0 saturated carbocycles. The van der Waals surface area contributed by atoms with Crippen LogP contribution in [0.4, 0.5) is 0 Å². The van der Waals surface area contributed by atoms with Gasteiger partial charge >= 0.3 is 0 Å². The van der Waals surface area contributed by atoms with Crippen molar-refractivity contribution in [3.63, 3.8) is 0 Å². The lowest BCUT2D eigenvalue weighted by Crippen LogP contribution is -2.33. The number of halogens is 1. The second-order valence-corrected chi connectivity index (χ2v) is 10.1. The maximum Gasteiger partial charge on any atom is 0.262 e. The molecular formula is C25H26ClN3O3S. The highest BCUT2D eigenvalue weighted by Crippen LogP contribution is 2.37. The molecule has 2 aliphatic rings. The number of thioether (sulfide) groups is 1. The maximum absolute atomic E-state index is 13.6. The first-order valence-corrected chi connectivity index (χ1v) is 12.7. The number of hydrogen-bond donors (Lipinski definition) is 0. The monoisotopic (exact) mass is 483 g/mol. The molecule has 172 valence electrons. The van der Waals surface area contributed by atoms with Crippen LogP contribution in [0.25, 0.3) is 10.9 Å². The Morgan fingerprint density at radius 3 is 2.67 bits per heavy atom. The molecule has 3 aromatic rings. The van der Waals surface area contributed by atoms with Gasteiger partial charge in [0.2, 0.25) is 5.91 Å². The molecule has 0 N–H and O–H groups in total.